The third kappa shape index (κ3) is 2.06. The highest BCUT2D eigenvalue weighted by Gasteiger charge is 2.15. The van der Waals surface area contributed by atoms with Gasteiger partial charge in [-0.25, -0.2) is 0 Å². The average molecular weight is 242 g/mol. The van der Waals surface area contributed by atoms with Crippen LogP contribution >= 0.6 is 0 Å². The molecule has 0 aliphatic heterocycles. The predicted molar refractivity (Wildman–Crippen MR) is 74.0 cm³/mol. The van der Waals surface area contributed by atoms with Gasteiger partial charge in [-0.3, -0.25) is 0 Å². The molecule has 0 amide bonds. The average Bonchev–Trinajstić information content (AvgIpc) is 2.42. The normalized spacial score (nSPS) is 10.6. The highest BCUT2D eigenvalue weighted by molar-refractivity contribution is 5.73. The van der Waals surface area contributed by atoms with Crippen LogP contribution in [0.5, 0.6) is 11.5 Å². The van der Waals surface area contributed by atoms with Gasteiger partial charge < -0.3 is 10.2 Å². The largest absolute Gasteiger partial charge is 0.504 e. The maximum atomic E-state index is 10.1. The van der Waals surface area contributed by atoms with Gasteiger partial charge in [0.25, 0.3) is 0 Å². The smallest absolute Gasteiger partial charge is 0.161 e. The van der Waals surface area contributed by atoms with Crippen LogP contribution in [0.4, 0.5) is 0 Å². The van der Waals surface area contributed by atoms with E-state index in [0.717, 1.165) is 22.3 Å². The molecule has 0 radical (unpaired) electrons. The summed E-state index contributed by atoms with van der Waals surface area (Å²) in [7, 11) is 0. The van der Waals surface area contributed by atoms with E-state index in [1.54, 1.807) is 0 Å². The van der Waals surface area contributed by atoms with Crippen molar-refractivity contribution >= 4 is 0 Å². The summed E-state index contributed by atoms with van der Waals surface area (Å²) in [6.45, 7) is 3.95. The minimum Gasteiger partial charge on any atom is -0.504 e. The zero-order valence-corrected chi connectivity index (χ0v) is 10.8. The number of phenols is 2. The molecule has 0 spiro atoms. The molecule has 0 saturated carbocycles. The van der Waals surface area contributed by atoms with Gasteiger partial charge >= 0.3 is 0 Å². The van der Waals surface area contributed by atoms with Crippen molar-refractivity contribution in [2.75, 3.05) is 0 Å². The summed E-state index contributed by atoms with van der Waals surface area (Å²) in [6, 6.07) is 11.9. The lowest BCUT2D eigenvalue weighted by Gasteiger charge is -2.14. The van der Waals surface area contributed by atoms with Crippen LogP contribution in [0.1, 0.15) is 25.0 Å². The molecule has 0 atom stereocenters. The van der Waals surface area contributed by atoms with Crippen LogP contribution in [-0.2, 0) is 12.8 Å². The topological polar surface area (TPSA) is 40.5 Å². The zero-order valence-electron chi connectivity index (χ0n) is 10.8. The first-order valence-corrected chi connectivity index (χ1v) is 6.31. The Bertz CT molecular complexity index is 545. The van der Waals surface area contributed by atoms with Gasteiger partial charge in [0, 0.05) is 5.56 Å². The summed E-state index contributed by atoms with van der Waals surface area (Å²) in [6.07, 6.45) is 1.39. The highest BCUT2D eigenvalue weighted by Crippen LogP contribution is 2.40. The Morgan fingerprint density at radius 3 is 2.11 bits per heavy atom. The van der Waals surface area contributed by atoms with E-state index < -0.39 is 0 Å². The summed E-state index contributed by atoms with van der Waals surface area (Å²) in [4.78, 5) is 0. The molecule has 2 N–H and O–H groups in total. The second-order valence-corrected chi connectivity index (χ2v) is 4.33. The Kier molecular flexibility index (Phi) is 3.56. The van der Waals surface area contributed by atoms with Crippen molar-refractivity contribution in [3.05, 3.63) is 47.5 Å². The lowest BCUT2D eigenvalue weighted by molar-refractivity contribution is 0.396. The summed E-state index contributed by atoms with van der Waals surface area (Å²) in [5.41, 5.74) is 3.66. The van der Waals surface area contributed by atoms with Gasteiger partial charge in [-0.15, -0.1) is 0 Å². The second kappa shape index (κ2) is 5.13. The monoisotopic (exact) mass is 242 g/mol. The first kappa shape index (κ1) is 12.5. The fourth-order valence-corrected chi connectivity index (χ4v) is 2.25. The van der Waals surface area contributed by atoms with Crippen molar-refractivity contribution in [2.24, 2.45) is 0 Å². The number of hydrogen-bond acceptors (Lipinski definition) is 2. The molecule has 2 aromatic rings. The predicted octanol–water partition coefficient (Wildman–Crippen LogP) is 3.89. The second-order valence-electron chi connectivity index (χ2n) is 4.33. The van der Waals surface area contributed by atoms with Gasteiger partial charge in [0.05, 0.1) is 0 Å². The SMILES string of the molecule is CCc1cc(-c2ccccc2)c(CC)c(O)c1O. The van der Waals surface area contributed by atoms with Crippen LogP contribution in [0.25, 0.3) is 11.1 Å². The number of phenolic OH excluding ortho intramolecular Hbond substituents is 2. The van der Waals surface area contributed by atoms with Crippen LogP contribution in [0.15, 0.2) is 36.4 Å². The molecular weight excluding hydrogens is 224 g/mol. The Morgan fingerprint density at radius 1 is 0.889 bits per heavy atom. The molecular formula is C16H18O2. The fraction of sp³-hybridized carbons (Fsp3) is 0.250. The van der Waals surface area contributed by atoms with Crippen molar-refractivity contribution in [2.45, 2.75) is 26.7 Å². The van der Waals surface area contributed by atoms with Crippen molar-refractivity contribution in [1.82, 2.24) is 0 Å². The minimum absolute atomic E-state index is 0.0223. The van der Waals surface area contributed by atoms with Crippen LogP contribution in [0.3, 0.4) is 0 Å². The van der Waals surface area contributed by atoms with E-state index in [1.807, 2.05) is 50.2 Å². The van der Waals surface area contributed by atoms with Crippen LogP contribution < -0.4 is 0 Å². The quantitative estimate of drug-likeness (QED) is 0.802. The summed E-state index contributed by atoms with van der Waals surface area (Å²) < 4.78 is 0. The van der Waals surface area contributed by atoms with Crippen molar-refractivity contribution < 1.29 is 10.2 Å². The van der Waals surface area contributed by atoms with Gasteiger partial charge in [-0.2, -0.15) is 0 Å². The van der Waals surface area contributed by atoms with Gasteiger partial charge in [0.15, 0.2) is 11.5 Å². The van der Waals surface area contributed by atoms with E-state index in [-0.39, 0.29) is 11.5 Å². The molecule has 0 fully saturated rings. The third-order valence-corrected chi connectivity index (χ3v) is 3.28. The lowest BCUT2D eigenvalue weighted by atomic mass is 9.93. The fourth-order valence-electron chi connectivity index (χ4n) is 2.25. The first-order valence-electron chi connectivity index (χ1n) is 6.31. The van der Waals surface area contributed by atoms with E-state index in [1.165, 1.54) is 0 Å². The molecule has 0 saturated heterocycles. The molecule has 0 aromatic heterocycles. The first-order chi connectivity index (χ1) is 8.69. The Morgan fingerprint density at radius 2 is 1.56 bits per heavy atom. The van der Waals surface area contributed by atoms with E-state index in [9.17, 15) is 10.2 Å². The summed E-state index contributed by atoms with van der Waals surface area (Å²) in [5, 5.41) is 20.0. The Labute approximate surface area is 108 Å². The Balaban J connectivity index is 2.70. The highest BCUT2D eigenvalue weighted by atomic mass is 16.3. The number of hydrogen-bond donors (Lipinski definition) is 2. The minimum atomic E-state index is 0.0223. The molecule has 0 aliphatic carbocycles. The molecule has 0 heterocycles. The number of aromatic hydroxyl groups is 2. The number of aryl methyl sites for hydroxylation is 1. The van der Waals surface area contributed by atoms with Crippen LogP contribution in [-0.4, -0.2) is 10.2 Å². The number of benzene rings is 2. The standard InChI is InChI=1S/C16H18O2/c1-3-11-10-14(12-8-6-5-7-9-12)13(4-2)16(18)15(11)17/h5-10,17-18H,3-4H2,1-2H3. The van der Waals surface area contributed by atoms with Crippen LogP contribution in [0.2, 0.25) is 0 Å². The Hall–Kier alpha value is -1.96. The van der Waals surface area contributed by atoms with Crippen LogP contribution in [0, 0.1) is 0 Å². The molecule has 2 rings (SSSR count). The molecule has 2 heteroatoms. The van der Waals surface area contributed by atoms with E-state index >= 15 is 0 Å². The van der Waals surface area contributed by atoms with E-state index in [4.69, 9.17) is 0 Å². The van der Waals surface area contributed by atoms with Gasteiger partial charge in [0.1, 0.15) is 0 Å². The third-order valence-electron chi connectivity index (χ3n) is 3.28. The summed E-state index contributed by atoms with van der Waals surface area (Å²) in [5.74, 6) is 0.0461. The molecule has 2 nitrogen and oxygen atoms in total. The number of rotatable bonds is 3. The summed E-state index contributed by atoms with van der Waals surface area (Å²) >= 11 is 0. The van der Waals surface area contributed by atoms with Crippen molar-refractivity contribution in [3.63, 3.8) is 0 Å². The van der Waals surface area contributed by atoms with Crippen molar-refractivity contribution in [3.8, 4) is 22.6 Å². The molecule has 18 heavy (non-hydrogen) atoms. The van der Waals surface area contributed by atoms with Crippen molar-refractivity contribution in [1.29, 1.82) is 0 Å². The van der Waals surface area contributed by atoms with E-state index in [0.29, 0.717) is 12.8 Å². The van der Waals surface area contributed by atoms with Gasteiger partial charge in [0.2, 0.25) is 0 Å². The maximum absolute atomic E-state index is 10.1. The zero-order chi connectivity index (χ0) is 13.1. The molecule has 0 bridgehead atoms. The molecule has 0 aliphatic rings. The van der Waals surface area contributed by atoms with E-state index in [2.05, 4.69) is 0 Å². The lowest BCUT2D eigenvalue weighted by Crippen LogP contribution is -1.93. The molecule has 94 valence electrons. The van der Waals surface area contributed by atoms with Gasteiger partial charge in [-0.05, 0) is 35.6 Å². The van der Waals surface area contributed by atoms with Gasteiger partial charge in [-0.1, -0.05) is 44.2 Å². The molecule has 2 aromatic carbocycles. The molecule has 0 unspecified atom stereocenters. The maximum Gasteiger partial charge on any atom is 0.161 e.